The number of nitro groups is 1. The molecule has 0 spiro atoms. The molecule has 7 nitrogen and oxygen atoms in total. The lowest BCUT2D eigenvalue weighted by Gasteiger charge is -2.13. The van der Waals surface area contributed by atoms with E-state index in [1.165, 1.54) is 24.3 Å². The van der Waals surface area contributed by atoms with Crippen molar-refractivity contribution in [3.63, 3.8) is 0 Å². The minimum absolute atomic E-state index is 0.0231. The number of anilines is 1. The van der Waals surface area contributed by atoms with E-state index in [1.807, 2.05) is 0 Å². The van der Waals surface area contributed by atoms with Gasteiger partial charge in [0.2, 0.25) is 5.91 Å². The quantitative estimate of drug-likeness (QED) is 0.625. The first kappa shape index (κ1) is 17.1. The number of para-hydroxylation sites is 1. The Labute approximate surface area is 138 Å². The van der Waals surface area contributed by atoms with E-state index in [1.54, 1.807) is 31.2 Å². The van der Waals surface area contributed by atoms with Gasteiger partial charge in [0.05, 0.1) is 10.5 Å². The topological polar surface area (TPSA) is 110 Å². The average Bonchev–Trinajstić information content (AvgIpc) is 2.55. The number of nitrogens with one attached hydrogen (secondary N) is 1. The Morgan fingerprint density at radius 2 is 1.92 bits per heavy atom. The normalized spacial score (nSPS) is 11.5. The SMILES string of the molecule is CC(Cc1ccccc1[N+](=O)[O-])C(=O)Nc1cccc(C(=O)O)c1. The molecule has 0 bridgehead atoms. The van der Waals surface area contributed by atoms with Gasteiger partial charge >= 0.3 is 5.97 Å². The lowest BCUT2D eigenvalue weighted by atomic mass is 9.99. The van der Waals surface area contributed by atoms with Gasteiger partial charge in [-0.25, -0.2) is 4.79 Å². The zero-order chi connectivity index (χ0) is 17.7. The molecule has 0 fully saturated rings. The molecule has 2 aromatic carbocycles. The van der Waals surface area contributed by atoms with Crippen LogP contribution in [-0.2, 0) is 11.2 Å². The summed E-state index contributed by atoms with van der Waals surface area (Å²) in [4.78, 5) is 33.7. The van der Waals surface area contributed by atoms with Crippen molar-refractivity contribution in [1.82, 2.24) is 0 Å². The molecule has 1 amide bonds. The van der Waals surface area contributed by atoms with Gasteiger partial charge in [-0.05, 0) is 24.6 Å². The predicted molar refractivity (Wildman–Crippen MR) is 88.0 cm³/mol. The first-order chi connectivity index (χ1) is 11.4. The number of hydrogen-bond acceptors (Lipinski definition) is 4. The Morgan fingerprint density at radius 1 is 1.21 bits per heavy atom. The number of nitrogens with zero attached hydrogens (tertiary/aromatic N) is 1. The smallest absolute Gasteiger partial charge is 0.335 e. The summed E-state index contributed by atoms with van der Waals surface area (Å²) in [7, 11) is 0. The van der Waals surface area contributed by atoms with Crippen LogP contribution >= 0.6 is 0 Å². The molecule has 0 aliphatic rings. The number of nitro benzene ring substituents is 1. The Bertz CT molecular complexity index is 788. The fourth-order valence-electron chi connectivity index (χ4n) is 2.28. The monoisotopic (exact) mass is 328 g/mol. The number of carboxylic acid groups (broad SMARTS) is 1. The number of aromatic carboxylic acids is 1. The van der Waals surface area contributed by atoms with Crippen LogP contribution in [0.5, 0.6) is 0 Å². The number of hydrogen-bond donors (Lipinski definition) is 2. The zero-order valence-electron chi connectivity index (χ0n) is 12.9. The summed E-state index contributed by atoms with van der Waals surface area (Å²) in [5.41, 5.74) is 0.892. The van der Waals surface area contributed by atoms with Gasteiger partial charge in [0.25, 0.3) is 5.69 Å². The number of amides is 1. The molecule has 0 saturated heterocycles. The minimum Gasteiger partial charge on any atom is -0.478 e. The molecular weight excluding hydrogens is 312 g/mol. The molecule has 0 radical (unpaired) electrons. The third-order valence-electron chi connectivity index (χ3n) is 3.54. The van der Waals surface area contributed by atoms with Crippen LogP contribution in [0.15, 0.2) is 48.5 Å². The van der Waals surface area contributed by atoms with Crippen molar-refractivity contribution >= 4 is 23.3 Å². The molecule has 2 rings (SSSR count). The second-order valence-corrected chi connectivity index (χ2v) is 5.37. The van der Waals surface area contributed by atoms with Crippen molar-refractivity contribution in [3.05, 3.63) is 69.8 Å². The molecule has 7 heteroatoms. The summed E-state index contributed by atoms with van der Waals surface area (Å²) < 4.78 is 0. The van der Waals surface area contributed by atoms with Crippen molar-refractivity contribution < 1.29 is 19.6 Å². The van der Waals surface area contributed by atoms with Crippen molar-refractivity contribution in [2.75, 3.05) is 5.32 Å². The van der Waals surface area contributed by atoms with Crippen LogP contribution < -0.4 is 5.32 Å². The summed E-state index contributed by atoms with van der Waals surface area (Å²) in [6, 6.07) is 12.2. The van der Waals surface area contributed by atoms with E-state index in [0.29, 0.717) is 11.3 Å². The van der Waals surface area contributed by atoms with Crippen LogP contribution in [0.1, 0.15) is 22.8 Å². The standard InChI is InChI=1S/C17H16N2O5/c1-11(9-12-5-2-3-8-15(12)19(23)24)16(20)18-14-7-4-6-13(10-14)17(21)22/h2-8,10-11H,9H2,1H3,(H,18,20)(H,21,22). The second kappa shape index (κ2) is 7.36. The molecule has 0 aromatic heterocycles. The molecule has 24 heavy (non-hydrogen) atoms. The van der Waals surface area contributed by atoms with Crippen LogP contribution in [-0.4, -0.2) is 21.9 Å². The third kappa shape index (κ3) is 4.16. The molecule has 124 valence electrons. The zero-order valence-corrected chi connectivity index (χ0v) is 12.9. The predicted octanol–water partition coefficient (Wildman–Crippen LogP) is 3.11. The first-order valence-electron chi connectivity index (χ1n) is 7.25. The van der Waals surface area contributed by atoms with Gasteiger partial charge in [-0.3, -0.25) is 14.9 Å². The summed E-state index contributed by atoms with van der Waals surface area (Å²) in [5.74, 6) is -1.94. The Morgan fingerprint density at radius 3 is 2.58 bits per heavy atom. The Balaban J connectivity index is 2.09. The molecule has 2 N–H and O–H groups in total. The maximum Gasteiger partial charge on any atom is 0.335 e. The van der Waals surface area contributed by atoms with Gasteiger partial charge in [0.1, 0.15) is 0 Å². The van der Waals surface area contributed by atoms with E-state index in [2.05, 4.69) is 5.32 Å². The van der Waals surface area contributed by atoms with E-state index in [9.17, 15) is 19.7 Å². The van der Waals surface area contributed by atoms with Crippen molar-refractivity contribution in [3.8, 4) is 0 Å². The summed E-state index contributed by atoms with van der Waals surface area (Å²) in [6.07, 6.45) is 0.210. The molecule has 0 aliphatic heterocycles. The van der Waals surface area contributed by atoms with Gasteiger partial charge in [-0.15, -0.1) is 0 Å². The highest BCUT2D eigenvalue weighted by atomic mass is 16.6. The molecule has 2 aromatic rings. The molecular formula is C17H16N2O5. The van der Waals surface area contributed by atoms with Gasteiger partial charge in [0.15, 0.2) is 0 Å². The van der Waals surface area contributed by atoms with Crippen LogP contribution in [0.4, 0.5) is 11.4 Å². The Hall–Kier alpha value is -3.22. The highest BCUT2D eigenvalue weighted by Gasteiger charge is 2.19. The van der Waals surface area contributed by atoms with Crippen LogP contribution in [0.3, 0.4) is 0 Å². The van der Waals surface area contributed by atoms with Crippen molar-refractivity contribution in [1.29, 1.82) is 0 Å². The third-order valence-corrected chi connectivity index (χ3v) is 3.54. The summed E-state index contributed by atoms with van der Waals surface area (Å²) in [6.45, 7) is 1.66. The molecule has 0 aliphatic carbocycles. The van der Waals surface area contributed by atoms with Gasteiger partial charge < -0.3 is 10.4 Å². The van der Waals surface area contributed by atoms with E-state index in [-0.39, 0.29) is 23.6 Å². The van der Waals surface area contributed by atoms with Crippen molar-refractivity contribution in [2.24, 2.45) is 5.92 Å². The largest absolute Gasteiger partial charge is 0.478 e. The lowest BCUT2D eigenvalue weighted by molar-refractivity contribution is -0.385. The van der Waals surface area contributed by atoms with Crippen LogP contribution in [0, 0.1) is 16.0 Å². The van der Waals surface area contributed by atoms with Gasteiger partial charge in [0, 0.05) is 23.2 Å². The van der Waals surface area contributed by atoms with E-state index in [4.69, 9.17) is 5.11 Å². The van der Waals surface area contributed by atoms with Gasteiger partial charge in [-0.2, -0.15) is 0 Å². The summed E-state index contributed by atoms with van der Waals surface area (Å²) in [5, 5.41) is 22.6. The lowest BCUT2D eigenvalue weighted by Crippen LogP contribution is -2.22. The average molecular weight is 328 g/mol. The number of benzene rings is 2. The Kier molecular flexibility index (Phi) is 5.26. The highest BCUT2D eigenvalue weighted by molar-refractivity contribution is 5.95. The number of rotatable bonds is 6. The maximum absolute atomic E-state index is 12.3. The van der Waals surface area contributed by atoms with Gasteiger partial charge in [-0.1, -0.05) is 31.2 Å². The molecule has 0 heterocycles. The molecule has 0 saturated carbocycles. The van der Waals surface area contributed by atoms with E-state index in [0.717, 1.165) is 0 Å². The van der Waals surface area contributed by atoms with E-state index < -0.39 is 16.8 Å². The fourth-order valence-corrected chi connectivity index (χ4v) is 2.28. The molecule has 1 unspecified atom stereocenters. The highest BCUT2D eigenvalue weighted by Crippen LogP contribution is 2.22. The van der Waals surface area contributed by atoms with Crippen molar-refractivity contribution in [2.45, 2.75) is 13.3 Å². The number of carbonyl (C=O) groups excluding carboxylic acids is 1. The number of carbonyl (C=O) groups is 2. The first-order valence-corrected chi connectivity index (χ1v) is 7.25. The number of carboxylic acids is 1. The van der Waals surface area contributed by atoms with E-state index >= 15 is 0 Å². The van der Waals surface area contributed by atoms with Crippen LogP contribution in [0.25, 0.3) is 0 Å². The fraction of sp³-hybridized carbons (Fsp3) is 0.176. The van der Waals surface area contributed by atoms with Crippen LogP contribution in [0.2, 0.25) is 0 Å². The second-order valence-electron chi connectivity index (χ2n) is 5.37. The molecule has 1 atom stereocenters. The minimum atomic E-state index is -1.08. The summed E-state index contributed by atoms with van der Waals surface area (Å²) >= 11 is 0. The maximum atomic E-state index is 12.3.